The monoisotopic (exact) mass is 259 g/mol. The van der Waals surface area contributed by atoms with Crippen LogP contribution < -0.4 is 0 Å². The molecule has 1 aromatic rings. The summed E-state index contributed by atoms with van der Waals surface area (Å²) in [5, 5.41) is 10.6. The summed E-state index contributed by atoms with van der Waals surface area (Å²) in [7, 11) is 0. The van der Waals surface area contributed by atoms with Crippen molar-refractivity contribution in [1.29, 1.82) is 0 Å². The molecular formula is C12H15Cl2NO. The van der Waals surface area contributed by atoms with Gasteiger partial charge in [-0.2, -0.15) is 0 Å². The summed E-state index contributed by atoms with van der Waals surface area (Å²) in [6.45, 7) is 2.13. The summed E-state index contributed by atoms with van der Waals surface area (Å²) in [5.41, 5.74) is 0.929. The van der Waals surface area contributed by atoms with Crippen molar-refractivity contribution < 1.29 is 5.11 Å². The van der Waals surface area contributed by atoms with E-state index < -0.39 is 0 Å². The van der Waals surface area contributed by atoms with Crippen LogP contribution in [-0.4, -0.2) is 29.7 Å². The smallest absolute Gasteiger partial charge is 0.0641 e. The third-order valence-corrected chi connectivity index (χ3v) is 3.93. The van der Waals surface area contributed by atoms with Crippen molar-refractivity contribution in [2.45, 2.75) is 18.9 Å². The number of benzene rings is 1. The van der Waals surface area contributed by atoms with Gasteiger partial charge >= 0.3 is 0 Å². The summed E-state index contributed by atoms with van der Waals surface area (Å²) in [4.78, 5) is 2.26. The van der Waals surface area contributed by atoms with Gasteiger partial charge in [-0.25, -0.2) is 0 Å². The summed E-state index contributed by atoms with van der Waals surface area (Å²) in [5.74, 6) is 0. The molecule has 0 aliphatic carbocycles. The van der Waals surface area contributed by atoms with Gasteiger partial charge in [0.05, 0.1) is 22.7 Å². The number of halogens is 2. The average Bonchev–Trinajstić information content (AvgIpc) is 2.79. The SMILES string of the molecule is OCC(c1cccc(Cl)c1Cl)N1CCCC1. The zero-order valence-electron chi connectivity index (χ0n) is 9.00. The van der Waals surface area contributed by atoms with E-state index in [-0.39, 0.29) is 12.6 Å². The van der Waals surface area contributed by atoms with E-state index in [1.807, 2.05) is 12.1 Å². The standard InChI is InChI=1S/C12H15Cl2NO/c13-10-5-3-4-9(12(10)14)11(8-16)15-6-1-2-7-15/h3-5,11,16H,1-2,6-8H2. The van der Waals surface area contributed by atoms with Gasteiger partial charge in [-0.3, -0.25) is 4.90 Å². The van der Waals surface area contributed by atoms with Crippen LogP contribution in [0.2, 0.25) is 10.0 Å². The molecule has 1 aromatic carbocycles. The molecule has 0 radical (unpaired) electrons. The van der Waals surface area contributed by atoms with Gasteiger partial charge in [0.25, 0.3) is 0 Å². The van der Waals surface area contributed by atoms with Crippen molar-refractivity contribution in [3.8, 4) is 0 Å². The van der Waals surface area contributed by atoms with E-state index >= 15 is 0 Å². The van der Waals surface area contributed by atoms with E-state index in [0.29, 0.717) is 10.0 Å². The molecule has 1 atom stereocenters. The van der Waals surface area contributed by atoms with Crippen LogP contribution in [0, 0.1) is 0 Å². The highest BCUT2D eigenvalue weighted by Crippen LogP contribution is 2.33. The fourth-order valence-corrected chi connectivity index (χ4v) is 2.68. The zero-order valence-corrected chi connectivity index (χ0v) is 10.5. The molecule has 1 aliphatic rings. The molecule has 88 valence electrons. The first-order valence-corrected chi connectivity index (χ1v) is 6.28. The molecule has 2 rings (SSSR count). The van der Waals surface area contributed by atoms with Crippen LogP contribution in [-0.2, 0) is 0 Å². The molecule has 1 heterocycles. The second-order valence-electron chi connectivity index (χ2n) is 4.08. The molecule has 1 fully saturated rings. The molecule has 1 saturated heterocycles. The zero-order chi connectivity index (χ0) is 11.5. The van der Waals surface area contributed by atoms with Crippen molar-refractivity contribution in [3.63, 3.8) is 0 Å². The maximum Gasteiger partial charge on any atom is 0.0641 e. The molecule has 0 bridgehead atoms. The summed E-state index contributed by atoms with van der Waals surface area (Å²) >= 11 is 12.2. The van der Waals surface area contributed by atoms with Crippen LogP contribution in [0.25, 0.3) is 0 Å². The van der Waals surface area contributed by atoms with E-state index in [2.05, 4.69) is 4.90 Å². The van der Waals surface area contributed by atoms with Gasteiger partial charge in [0, 0.05) is 0 Å². The summed E-state index contributed by atoms with van der Waals surface area (Å²) in [6.07, 6.45) is 2.38. The number of hydrogen-bond acceptors (Lipinski definition) is 2. The van der Waals surface area contributed by atoms with Crippen LogP contribution >= 0.6 is 23.2 Å². The number of hydrogen-bond donors (Lipinski definition) is 1. The van der Waals surface area contributed by atoms with E-state index in [0.717, 1.165) is 18.7 Å². The Kier molecular flexibility index (Phi) is 4.09. The third-order valence-electron chi connectivity index (χ3n) is 3.09. The number of likely N-dealkylation sites (tertiary alicyclic amines) is 1. The van der Waals surface area contributed by atoms with Crippen molar-refractivity contribution in [1.82, 2.24) is 4.90 Å². The molecule has 1 N–H and O–H groups in total. The molecule has 16 heavy (non-hydrogen) atoms. The van der Waals surface area contributed by atoms with Gasteiger partial charge in [0.2, 0.25) is 0 Å². The normalized spacial score (nSPS) is 18.9. The Morgan fingerprint density at radius 2 is 1.94 bits per heavy atom. The maximum atomic E-state index is 9.51. The van der Waals surface area contributed by atoms with Gasteiger partial charge in [0.1, 0.15) is 0 Å². The number of rotatable bonds is 3. The summed E-state index contributed by atoms with van der Waals surface area (Å²) in [6, 6.07) is 5.57. The minimum atomic E-state index is -0.0197. The van der Waals surface area contributed by atoms with E-state index in [1.54, 1.807) is 6.07 Å². The van der Waals surface area contributed by atoms with Gasteiger partial charge in [-0.05, 0) is 37.6 Å². The average molecular weight is 260 g/mol. The second kappa shape index (κ2) is 5.37. The van der Waals surface area contributed by atoms with Crippen molar-refractivity contribution in [2.75, 3.05) is 19.7 Å². The highest BCUT2D eigenvalue weighted by Gasteiger charge is 2.24. The number of nitrogens with zero attached hydrogens (tertiary/aromatic N) is 1. The van der Waals surface area contributed by atoms with Crippen LogP contribution in [0.3, 0.4) is 0 Å². The Balaban J connectivity index is 2.28. The second-order valence-corrected chi connectivity index (χ2v) is 4.87. The highest BCUT2D eigenvalue weighted by atomic mass is 35.5. The summed E-state index contributed by atoms with van der Waals surface area (Å²) < 4.78 is 0. The van der Waals surface area contributed by atoms with Gasteiger partial charge in [-0.15, -0.1) is 0 Å². The van der Waals surface area contributed by atoms with Crippen molar-refractivity contribution in [2.24, 2.45) is 0 Å². The molecule has 4 heteroatoms. The van der Waals surface area contributed by atoms with Crippen LogP contribution in [0.15, 0.2) is 18.2 Å². The lowest BCUT2D eigenvalue weighted by Gasteiger charge is -2.27. The molecule has 1 aliphatic heterocycles. The largest absolute Gasteiger partial charge is 0.394 e. The first-order chi connectivity index (χ1) is 7.74. The maximum absolute atomic E-state index is 9.51. The minimum Gasteiger partial charge on any atom is -0.394 e. The minimum absolute atomic E-state index is 0.0197. The topological polar surface area (TPSA) is 23.5 Å². The van der Waals surface area contributed by atoms with Crippen LogP contribution in [0.5, 0.6) is 0 Å². The molecule has 2 nitrogen and oxygen atoms in total. The third kappa shape index (κ3) is 2.35. The first-order valence-electron chi connectivity index (χ1n) is 5.53. The van der Waals surface area contributed by atoms with Crippen LogP contribution in [0.1, 0.15) is 24.4 Å². The van der Waals surface area contributed by atoms with Gasteiger partial charge in [-0.1, -0.05) is 35.3 Å². The fraction of sp³-hybridized carbons (Fsp3) is 0.500. The quantitative estimate of drug-likeness (QED) is 0.902. The Morgan fingerprint density at radius 3 is 2.56 bits per heavy atom. The fourth-order valence-electron chi connectivity index (χ4n) is 2.24. The highest BCUT2D eigenvalue weighted by molar-refractivity contribution is 6.42. The molecule has 0 saturated carbocycles. The molecule has 0 amide bonds. The first kappa shape index (κ1) is 12.2. The van der Waals surface area contributed by atoms with Crippen LogP contribution in [0.4, 0.5) is 0 Å². The van der Waals surface area contributed by atoms with Crippen molar-refractivity contribution >= 4 is 23.2 Å². The lowest BCUT2D eigenvalue weighted by atomic mass is 10.1. The molecule has 0 spiro atoms. The predicted molar refractivity (Wildman–Crippen MR) is 67.1 cm³/mol. The number of aliphatic hydroxyl groups is 1. The Hall–Kier alpha value is -0.280. The lowest BCUT2D eigenvalue weighted by Crippen LogP contribution is -2.28. The molecule has 0 aromatic heterocycles. The van der Waals surface area contributed by atoms with E-state index in [9.17, 15) is 5.11 Å². The van der Waals surface area contributed by atoms with Crippen molar-refractivity contribution in [3.05, 3.63) is 33.8 Å². The number of aliphatic hydroxyl groups excluding tert-OH is 1. The predicted octanol–water partition coefficient (Wildman–Crippen LogP) is 3.12. The Morgan fingerprint density at radius 1 is 1.25 bits per heavy atom. The molecule has 1 unspecified atom stereocenters. The lowest BCUT2D eigenvalue weighted by molar-refractivity contribution is 0.147. The van der Waals surface area contributed by atoms with Gasteiger partial charge in [0.15, 0.2) is 0 Å². The van der Waals surface area contributed by atoms with Gasteiger partial charge < -0.3 is 5.11 Å². The van der Waals surface area contributed by atoms with E-state index in [4.69, 9.17) is 23.2 Å². The Bertz CT molecular complexity index is 364. The molecular weight excluding hydrogens is 245 g/mol. The van der Waals surface area contributed by atoms with E-state index in [1.165, 1.54) is 12.8 Å². The Labute approximate surface area is 106 Å².